The first-order valence-electron chi connectivity index (χ1n) is 6.06. The third-order valence-corrected chi connectivity index (χ3v) is 2.95. The van der Waals surface area contributed by atoms with E-state index in [2.05, 4.69) is 18.9 Å². The molecule has 0 aliphatic carbocycles. The molecule has 15 heavy (non-hydrogen) atoms. The van der Waals surface area contributed by atoms with Crippen molar-refractivity contribution in [2.45, 2.75) is 39.0 Å². The van der Waals surface area contributed by atoms with Gasteiger partial charge < -0.3 is 9.64 Å². The van der Waals surface area contributed by atoms with Crippen molar-refractivity contribution in [2.24, 2.45) is 5.92 Å². The van der Waals surface area contributed by atoms with E-state index in [4.69, 9.17) is 4.74 Å². The van der Waals surface area contributed by atoms with Crippen molar-refractivity contribution in [3.05, 3.63) is 0 Å². The molecule has 1 aliphatic heterocycles. The summed E-state index contributed by atoms with van der Waals surface area (Å²) in [7, 11) is 2.11. The summed E-state index contributed by atoms with van der Waals surface area (Å²) in [5.41, 5.74) is 0. The Morgan fingerprint density at radius 1 is 1.47 bits per heavy atom. The molecule has 88 valence electrons. The first kappa shape index (κ1) is 12.5. The Kier molecular flexibility index (Phi) is 5.69. The van der Waals surface area contributed by atoms with Crippen molar-refractivity contribution in [1.29, 1.82) is 0 Å². The second kappa shape index (κ2) is 6.83. The van der Waals surface area contributed by atoms with E-state index in [1.165, 1.54) is 6.42 Å². The average molecular weight is 213 g/mol. The highest BCUT2D eigenvalue weighted by Gasteiger charge is 2.20. The third kappa shape index (κ3) is 5.17. The van der Waals surface area contributed by atoms with Gasteiger partial charge in [-0.2, -0.15) is 0 Å². The Balaban J connectivity index is 2.01. The van der Waals surface area contributed by atoms with Gasteiger partial charge in [0.2, 0.25) is 0 Å². The molecule has 0 N–H and O–H groups in total. The Bertz CT molecular complexity index is 194. The van der Waals surface area contributed by atoms with Crippen LogP contribution >= 0.6 is 0 Å². The number of hydrogen-bond donors (Lipinski definition) is 0. The summed E-state index contributed by atoms with van der Waals surface area (Å²) in [6.45, 7) is 4.97. The summed E-state index contributed by atoms with van der Waals surface area (Å²) in [6.07, 6.45) is 5.01. The molecule has 0 bridgehead atoms. The fourth-order valence-electron chi connectivity index (χ4n) is 1.96. The molecule has 0 aromatic rings. The molecule has 0 aromatic heterocycles. The number of rotatable bonds is 6. The first-order valence-corrected chi connectivity index (χ1v) is 6.06. The van der Waals surface area contributed by atoms with Crippen molar-refractivity contribution < 1.29 is 9.53 Å². The van der Waals surface area contributed by atoms with E-state index in [-0.39, 0.29) is 5.97 Å². The fraction of sp³-hybridized carbons (Fsp3) is 0.917. The predicted molar refractivity (Wildman–Crippen MR) is 60.7 cm³/mol. The highest BCUT2D eigenvalue weighted by Crippen LogP contribution is 2.14. The number of nitrogens with zero attached hydrogens (tertiary/aromatic N) is 1. The van der Waals surface area contributed by atoms with E-state index in [0.717, 1.165) is 32.4 Å². The second-order valence-corrected chi connectivity index (χ2v) is 4.56. The van der Waals surface area contributed by atoms with Gasteiger partial charge in [0, 0.05) is 18.9 Å². The molecule has 1 heterocycles. The van der Waals surface area contributed by atoms with E-state index >= 15 is 0 Å². The predicted octanol–water partition coefficient (Wildman–Crippen LogP) is 2.06. The molecule has 0 aromatic carbocycles. The zero-order valence-electron chi connectivity index (χ0n) is 10.00. The Morgan fingerprint density at radius 3 is 2.87 bits per heavy atom. The maximum atomic E-state index is 11.3. The number of hydrogen-bond acceptors (Lipinski definition) is 3. The van der Waals surface area contributed by atoms with E-state index < -0.39 is 0 Å². The van der Waals surface area contributed by atoms with Gasteiger partial charge in [0.15, 0.2) is 0 Å². The SMILES string of the molecule is CCCCCC(=O)OCC1CCN(C)C1. The molecule has 3 nitrogen and oxygen atoms in total. The van der Waals surface area contributed by atoms with Gasteiger partial charge in [-0.3, -0.25) is 4.79 Å². The third-order valence-electron chi connectivity index (χ3n) is 2.95. The lowest BCUT2D eigenvalue weighted by Gasteiger charge is -2.10. The lowest BCUT2D eigenvalue weighted by Crippen LogP contribution is -2.18. The van der Waals surface area contributed by atoms with Crippen LogP contribution in [0.4, 0.5) is 0 Å². The minimum Gasteiger partial charge on any atom is -0.465 e. The first-order chi connectivity index (χ1) is 7.22. The van der Waals surface area contributed by atoms with Crippen LogP contribution in [0.5, 0.6) is 0 Å². The van der Waals surface area contributed by atoms with Crippen LogP contribution in [0.15, 0.2) is 0 Å². The van der Waals surface area contributed by atoms with Gasteiger partial charge >= 0.3 is 5.97 Å². The van der Waals surface area contributed by atoms with Crippen LogP contribution in [0.3, 0.4) is 0 Å². The molecule has 0 spiro atoms. The van der Waals surface area contributed by atoms with Crippen LogP contribution in [0.25, 0.3) is 0 Å². The van der Waals surface area contributed by atoms with Crippen molar-refractivity contribution in [3.8, 4) is 0 Å². The molecule has 0 radical (unpaired) electrons. The van der Waals surface area contributed by atoms with E-state index in [1.54, 1.807) is 0 Å². The molecule has 1 aliphatic rings. The van der Waals surface area contributed by atoms with Gasteiger partial charge in [0.25, 0.3) is 0 Å². The van der Waals surface area contributed by atoms with Gasteiger partial charge in [-0.1, -0.05) is 19.8 Å². The number of ether oxygens (including phenoxy) is 1. The zero-order chi connectivity index (χ0) is 11.1. The zero-order valence-corrected chi connectivity index (χ0v) is 10.00. The van der Waals surface area contributed by atoms with Crippen molar-refractivity contribution >= 4 is 5.97 Å². The molecule has 1 saturated heterocycles. The Morgan fingerprint density at radius 2 is 2.27 bits per heavy atom. The summed E-state index contributed by atoms with van der Waals surface area (Å²) < 4.78 is 5.26. The number of carbonyl (C=O) groups is 1. The van der Waals surface area contributed by atoms with Crippen LogP contribution in [0, 0.1) is 5.92 Å². The van der Waals surface area contributed by atoms with Gasteiger partial charge in [-0.25, -0.2) is 0 Å². The number of esters is 1. The van der Waals surface area contributed by atoms with E-state index in [9.17, 15) is 4.79 Å². The summed E-state index contributed by atoms with van der Waals surface area (Å²) >= 11 is 0. The lowest BCUT2D eigenvalue weighted by atomic mass is 10.1. The molecule has 1 atom stereocenters. The molecule has 1 unspecified atom stereocenters. The number of carbonyl (C=O) groups excluding carboxylic acids is 1. The smallest absolute Gasteiger partial charge is 0.305 e. The van der Waals surface area contributed by atoms with Crippen LogP contribution in [0.2, 0.25) is 0 Å². The highest BCUT2D eigenvalue weighted by atomic mass is 16.5. The summed E-state index contributed by atoms with van der Waals surface area (Å²) in [6, 6.07) is 0. The quantitative estimate of drug-likeness (QED) is 0.499. The van der Waals surface area contributed by atoms with Gasteiger partial charge in [-0.05, 0) is 26.4 Å². The van der Waals surface area contributed by atoms with Crippen LogP contribution in [-0.2, 0) is 9.53 Å². The summed E-state index contributed by atoms with van der Waals surface area (Å²) in [5.74, 6) is 0.545. The van der Waals surface area contributed by atoms with Gasteiger partial charge in [0.1, 0.15) is 0 Å². The van der Waals surface area contributed by atoms with Crippen molar-refractivity contribution in [3.63, 3.8) is 0 Å². The normalized spacial score (nSPS) is 21.9. The monoisotopic (exact) mass is 213 g/mol. The lowest BCUT2D eigenvalue weighted by molar-refractivity contribution is -0.145. The molecule has 0 saturated carbocycles. The maximum absolute atomic E-state index is 11.3. The average Bonchev–Trinajstić information content (AvgIpc) is 2.62. The van der Waals surface area contributed by atoms with Crippen LogP contribution in [0.1, 0.15) is 39.0 Å². The summed E-state index contributed by atoms with van der Waals surface area (Å²) in [5, 5.41) is 0. The second-order valence-electron chi connectivity index (χ2n) is 4.56. The Labute approximate surface area is 92.8 Å². The largest absolute Gasteiger partial charge is 0.465 e. The fourth-order valence-corrected chi connectivity index (χ4v) is 1.96. The van der Waals surface area contributed by atoms with E-state index in [0.29, 0.717) is 18.9 Å². The molecule has 3 heteroatoms. The minimum absolute atomic E-state index is 0.0157. The van der Waals surface area contributed by atoms with Crippen molar-refractivity contribution in [2.75, 3.05) is 26.7 Å². The molecular formula is C12H23NO2. The number of unbranched alkanes of at least 4 members (excludes halogenated alkanes) is 2. The standard InChI is InChI=1S/C12H23NO2/c1-3-4-5-6-12(14)15-10-11-7-8-13(2)9-11/h11H,3-10H2,1-2H3. The molecule has 1 rings (SSSR count). The van der Waals surface area contributed by atoms with Crippen LogP contribution < -0.4 is 0 Å². The highest BCUT2D eigenvalue weighted by molar-refractivity contribution is 5.69. The minimum atomic E-state index is -0.0157. The topological polar surface area (TPSA) is 29.5 Å². The summed E-state index contributed by atoms with van der Waals surface area (Å²) in [4.78, 5) is 13.6. The number of likely N-dealkylation sites (tertiary alicyclic amines) is 1. The molecule has 0 amide bonds. The maximum Gasteiger partial charge on any atom is 0.305 e. The molecular weight excluding hydrogens is 190 g/mol. The van der Waals surface area contributed by atoms with E-state index in [1.807, 2.05) is 0 Å². The van der Waals surface area contributed by atoms with Crippen LogP contribution in [-0.4, -0.2) is 37.6 Å². The van der Waals surface area contributed by atoms with Gasteiger partial charge in [0.05, 0.1) is 6.61 Å². The molecule has 1 fully saturated rings. The van der Waals surface area contributed by atoms with Gasteiger partial charge in [-0.15, -0.1) is 0 Å². The Hall–Kier alpha value is -0.570. The van der Waals surface area contributed by atoms with Crippen molar-refractivity contribution in [1.82, 2.24) is 4.90 Å².